The summed E-state index contributed by atoms with van der Waals surface area (Å²) in [5.74, 6) is 0. The summed E-state index contributed by atoms with van der Waals surface area (Å²) in [7, 11) is 0. The van der Waals surface area contributed by atoms with Gasteiger partial charge in [0.1, 0.15) is 5.52 Å². The predicted octanol–water partition coefficient (Wildman–Crippen LogP) is 1.94. The number of pyridine rings is 1. The van der Waals surface area contributed by atoms with Gasteiger partial charge in [-0.3, -0.25) is 0 Å². The maximum Gasteiger partial charge on any atom is 0.191 e. The lowest BCUT2D eigenvalue weighted by molar-refractivity contribution is -0.990. The maximum atomic E-state index is 10.9. The van der Waals surface area contributed by atoms with Gasteiger partial charge in [-0.1, -0.05) is 23.2 Å². The van der Waals surface area contributed by atoms with E-state index in [0.717, 1.165) is 0 Å². The lowest BCUT2D eigenvalue weighted by Gasteiger charge is -2.13. The summed E-state index contributed by atoms with van der Waals surface area (Å²) < 4.78 is 0. The van der Waals surface area contributed by atoms with Crippen molar-refractivity contribution in [2.45, 2.75) is 0 Å². The van der Waals surface area contributed by atoms with Gasteiger partial charge < -0.3 is 5.21 Å². The third-order valence-corrected chi connectivity index (χ3v) is 2.37. The number of hydrogen-bond acceptors (Lipinski definition) is 3. The summed E-state index contributed by atoms with van der Waals surface area (Å²) in [5.41, 5.74) is 0.463. The van der Waals surface area contributed by atoms with Crippen molar-refractivity contribution in [3.8, 4) is 0 Å². The van der Waals surface area contributed by atoms with Gasteiger partial charge in [0.05, 0.1) is 5.02 Å². The second-order valence-corrected chi connectivity index (χ2v) is 3.86. The Bertz CT molecular complexity index is 511. The van der Waals surface area contributed by atoms with E-state index in [1.807, 2.05) is 0 Å². The second kappa shape index (κ2) is 3.92. The fourth-order valence-corrected chi connectivity index (χ4v) is 1.74. The van der Waals surface area contributed by atoms with Gasteiger partial charge in [0, 0.05) is 22.7 Å². The number of rotatable bonds is 1. The van der Waals surface area contributed by atoms with Crippen LogP contribution in [0, 0.1) is 5.21 Å². The maximum absolute atomic E-state index is 10.9. The standard InChI is InChI=1S/C9H6Cl2N2O2/c10-6-1-5-2-7(11)4-12-9(5)8(3-6)13(14)15/h1-4,13-14H. The van der Waals surface area contributed by atoms with Crippen LogP contribution in [0.4, 0.5) is 5.69 Å². The summed E-state index contributed by atoms with van der Waals surface area (Å²) in [4.78, 5) is 3.97. The van der Waals surface area contributed by atoms with Crippen molar-refractivity contribution in [3.63, 3.8) is 0 Å². The molecule has 1 heterocycles. The molecule has 4 nitrogen and oxygen atoms in total. The molecule has 2 N–H and O–H groups in total. The highest BCUT2D eigenvalue weighted by atomic mass is 35.5. The quantitative estimate of drug-likeness (QED) is 0.755. The van der Waals surface area contributed by atoms with Crippen molar-refractivity contribution in [1.82, 2.24) is 4.98 Å². The first kappa shape index (κ1) is 10.6. The minimum Gasteiger partial charge on any atom is -0.595 e. The van der Waals surface area contributed by atoms with E-state index < -0.39 is 5.23 Å². The van der Waals surface area contributed by atoms with E-state index in [-0.39, 0.29) is 5.69 Å². The highest BCUT2D eigenvalue weighted by Gasteiger charge is 2.10. The number of aromatic nitrogens is 1. The van der Waals surface area contributed by atoms with Crippen LogP contribution >= 0.6 is 23.2 Å². The van der Waals surface area contributed by atoms with E-state index in [1.54, 1.807) is 12.1 Å². The number of hydrogen-bond donors (Lipinski definition) is 2. The van der Waals surface area contributed by atoms with Gasteiger partial charge in [0.2, 0.25) is 0 Å². The van der Waals surface area contributed by atoms with Crippen molar-refractivity contribution in [1.29, 1.82) is 0 Å². The molecule has 78 valence electrons. The van der Waals surface area contributed by atoms with Crippen molar-refractivity contribution < 1.29 is 10.4 Å². The average Bonchev–Trinajstić information content (AvgIpc) is 2.15. The molecule has 0 saturated carbocycles. The molecule has 0 radical (unpaired) electrons. The van der Waals surface area contributed by atoms with Crippen molar-refractivity contribution >= 4 is 39.8 Å². The van der Waals surface area contributed by atoms with E-state index in [0.29, 0.717) is 20.9 Å². The first-order chi connectivity index (χ1) is 7.08. The first-order valence-corrected chi connectivity index (χ1v) is 4.81. The average molecular weight is 245 g/mol. The van der Waals surface area contributed by atoms with Crippen LogP contribution in [-0.4, -0.2) is 10.2 Å². The zero-order chi connectivity index (χ0) is 11.0. The molecule has 1 unspecified atom stereocenters. The first-order valence-electron chi connectivity index (χ1n) is 4.06. The Morgan fingerprint density at radius 3 is 2.53 bits per heavy atom. The summed E-state index contributed by atoms with van der Waals surface area (Å²) >= 11 is 11.5. The van der Waals surface area contributed by atoms with Gasteiger partial charge in [0.25, 0.3) is 0 Å². The number of halogens is 2. The molecule has 0 spiro atoms. The second-order valence-electron chi connectivity index (χ2n) is 2.98. The van der Waals surface area contributed by atoms with Crippen molar-refractivity contribution in [2.75, 3.05) is 0 Å². The van der Waals surface area contributed by atoms with Crippen LogP contribution in [0.25, 0.3) is 10.9 Å². The Labute approximate surface area is 95.2 Å². The number of quaternary nitrogens is 1. The fourth-order valence-electron chi connectivity index (χ4n) is 1.35. The molecule has 0 amide bonds. The number of fused-ring (bicyclic) bond motifs is 1. The van der Waals surface area contributed by atoms with Crippen LogP contribution in [0.3, 0.4) is 0 Å². The van der Waals surface area contributed by atoms with E-state index in [9.17, 15) is 5.21 Å². The Hall–Kier alpha value is -0.910. The smallest absolute Gasteiger partial charge is 0.191 e. The molecule has 0 fully saturated rings. The zero-order valence-corrected chi connectivity index (χ0v) is 8.88. The molecule has 6 heteroatoms. The molecule has 0 aliphatic heterocycles. The van der Waals surface area contributed by atoms with E-state index in [2.05, 4.69) is 4.98 Å². The van der Waals surface area contributed by atoms with E-state index in [4.69, 9.17) is 28.4 Å². The molecule has 0 aliphatic rings. The third-order valence-electron chi connectivity index (χ3n) is 1.94. The molecule has 2 aromatic rings. The van der Waals surface area contributed by atoms with Crippen LogP contribution in [0.15, 0.2) is 24.4 Å². The molecular formula is C9H6Cl2N2O2. The number of nitrogens with zero attached hydrogens (tertiary/aromatic N) is 1. The molecule has 1 aromatic carbocycles. The van der Waals surface area contributed by atoms with Crippen LogP contribution in [0.2, 0.25) is 10.0 Å². The SMILES string of the molecule is [O-][NH+](O)c1cc(Cl)cc2cc(Cl)cnc12. The molecule has 2 rings (SSSR count). The predicted molar refractivity (Wildman–Crippen MR) is 57.5 cm³/mol. The van der Waals surface area contributed by atoms with E-state index >= 15 is 0 Å². The highest BCUT2D eigenvalue weighted by molar-refractivity contribution is 6.32. The minimum absolute atomic E-state index is 0.0779. The molecule has 0 bridgehead atoms. The largest absolute Gasteiger partial charge is 0.595 e. The van der Waals surface area contributed by atoms with Gasteiger partial charge in [-0.05, 0) is 12.1 Å². The Balaban J connectivity index is 2.80. The van der Waals surface area contributed by atoms with Crippen molar-refractivity contribution in [2.24, 2.45) is 0 Å². The van der Waals surface area contributed by atoms with Gasteiger partial charge in [-0.15, -0.1) is 0 Å². The van der Waals surface area contributed by atoms with Crippen LogP contribution in [-0.2, 0) is 0 Å². The summed E-state index contributed by atoms with van der Waals surface area (Å²) in [5, 5.41) is 20.2. The topological polar surface area (TPSA) is 60.6 Å². The minimum atomic E-state index is -1.06. The summed E-state index contributed by atoms with van der Waals surface area (Å²) in [6.07, 6.45) is 1.41. The number of nitrogens with one attached hydrogen (secondary N) is 1. The van der Waals surface area contributed by atoms with Crippen LogP contribution in [0.1, 0.15) is 0 Å². The van der Waals surface area contributed by atoms with Gasteiger partial charge in [0.15, 0.2) is 5.69 Å². The Kier molecular flexibility index (Phi) is 2.77. The number of benzene rings is 1. The lowest BCUT2D eigenvalue weighted by atomic mass is 10.2. The van der Waals surface area contributed by atoms with Crippen molar-refractivity contribution in [3.05, 3.63) is 39.6 Å². The van der Waals surface area contributed by atoms with Gasteiger partial charge >= 0.3 is 0 Å². The van der Waals surface area contributed by atoms with Gasteiger partial charge in [-0.2, -0.15) is 5.23 Å². The highest BCUT2D eigenvalue weighted by Crippen LogP contribution is 2.25. The molecule has 0 aliphatic carbocycles. The Morgan fingerprint density at radius 1 is 1.20 bits per heavy atom. The summed E-state index contributed by atoms with van der Waals surface area (Å²) in [6.45, 7) is 0. The molecule has 15 heavy (non-hydrogen) atoms. The third kappa shape index (κ3) is 2.04. The van der Waals surface area contributed by atoms with Gasteiger partial charge in [-0.25, -0.2) is 10.2 Å². The zero-order valence-electron chi connectivity index (χ0n) is 7.37. The van der Waals surface area contributed by atoms with E-state index in [1.165, 1.54) is 12.3 Å². The monoisotopic (exact) mass is 244 g/mol. The summed E-state index contributed by atoms with van der Waals surface area (Å²) in [6, 6.07) is 4.62. The molecule has 0 saturated heterocycles. The molecule has 1 aromatic heterocycles. The fraction of sp³-hybridized carbons (Fsp3) is 0. The Morgan fingerprint density at radius 2 is 1.87 bits per heavy atom. The molecule has 1 atom stereocenters. The van der Waals surface area contributed by atoms with Crippen LogP contribution < -0.4 is 5.23 Å². The van der Waals surface area contributed by atoms with Crippen LogP contribution in [0.5, 0.6) is 0 Å². The lowest BCUT2D eigenvalue weighted by Crippen LogP contribution is -2.99. The normalized spacial score (nSPS) is 13.1. The molecular weight excluding hydrogens is 239 g/mol.